The minimum Gasteiger partial charge on any atom is -0.325 e. The molecule has 2 aromatic rings. The summed E-state index contributed by atoms with van der Waals surface area (Å²) in [5.74, 6) is 0.555. The van der Waals surface area contributed by atoms with Crippen LogP contribution in [0.2, 0.25) is 5.02 Å². The van der Waals surface area contributed by atoms with Gasteiger partial charge in [0.1, 0.15) is 0 Å². The van der Waals surface area contributed by atoms with E-state index in [1.807, 2.05) is 0 Å². The maximum Gasteiger partial charge on any atom is 0.261 e. The highest BCUT2D eigenvalue weighted by Gasteiger charge is 2.20. The van der Waals surface area contributed by atoms with Gasteiger partial charge in [0, 0.05) is 22.1 Å². The van der Waals surface area contributed by atoms with Crippen molar-refractivity contribution < 1.29 is 13.2 Å². The third-order valence-electron chi connectivity index (χ3n) is 3.63. The first-order valence-corrected chi connectivity index (χ1v) is 10.1. The van der Waals surface area contributed by atoms with Crippen LogP contribution < -0.4 is 10.0 Å². The van der Waals surface area contributed by atoms with Gasteiger partial charge >= 0.3 is 0 Å². The van der Waals surface area contributed by atoms with Crippen molar-refractivity contribution >= 4 is 50.7 Å². The predicted molar refractivity (Wildman–Crippen MR) is 97.4 cm³/mol. The molecular weight excluding hydrogens is 368 g/mol. The fourth-order valence-electron chi connectivity index (χ4n) is 2.29. The third kappa shape index (κ3) is 3.53. The Balaban J connectivity index is 1.95. The average molecular weight is 383 g/mol. The first-order chi connectivity index (χ1) is 11.4. The quantitative estimate of drug-likeness (QED) is 0.844. The SMILES string of the molecule is Cc1c(Cl)cccc1NS(=O)(=O)c1ccc2c(c1)NC(=O)CCS2. The zero-order chi connectivity index (χ0) is 17.3. The molecule has 126 valence electrons. The molecule has 0 radical (unpaired) electrons. The van der Waals surface area contributed by atoms with Crippen molar-refractivity contribution in [1.29, 1.82) is 0 Å². The van der Waals surface area contributed by atoms with Crippen molar-refractivity contribution in [3.05, 3.63) is 47.0 Å². The zero-order valence-corrected chi connectivity index (χ0v) is 15.2. The second-order valence-electron chi connectivity index (χ2n) is 5.32. The summed E-state index contributed by atoms with van der Waals surface area (Å²) >= 11 is 7.56. The number of amides is 1. The number of hydrogen-bond acceptors (Lipinski definition) is 4. The molecule has 5 nitrogen and oxygen atoms in total. The second kappa shape index (κ2) is 6.66. The molecule has 0 atom stereocenters. The maximum absolute atomic E-state index is 12.6. The highest BCUT2D eigenvalue weighted by molar-refractivity contribution is 7.99. The molecule has 2 aromatic carbocycles. The number of carbonyl (C=O) groups excluding carboxylic acids is 1. The lowest BCUT2D eigenvalue weighted by Crippen LogP contribution is -2.15. The lowest BCUT2D eigenvalue weighted by Gasteiger charge is -2.13. The van der Waals surface area contributed by atoms with E-state index in [1.165, 1.54) is 23.9 Å². The van der Waals surface area contributed by atoms with E-state index in [0.717, 1.165) is 4.90 Å². The normalized spacial score (nSPS) is 14.5. The predicted octanol–water partition coefficient (Wildman–Crippen LogP) is 3.88. The number of thioether (sulfide) groups is 1. The molecule has 0 unspecified atom stereocenters. The Kier molecular flexibility index (Phi) is 4.76. The van der Waals surface area contributed by atoms with Crippen molar-refractivity contribution in [3.63, 3.8) is 0 Å². The molecule has 1 aliphatic rings. The van der Waals surface area contributed by atoms with Gasteiger partial charge in [-0.05, 0) is 42.8 Å². The smallest absolute Gasteiger partial charge is 0.261 e. The van der Waals surface area contributed by atoms with Crippen LogP contribution in [-0.4, -0.2) is 20.1 Å². The monoisotopic (exact) mass is 382 g/mol. The van der Waals surface area contributed by atoms with Crippen molar-refractivity contribution in [2.75, 3.05) is 15.8 Å². The van der Waals surface area contributed by atoms with Crippen LogP contribution in [0.1, 0.15) is 12.0 Å². The molecule has 0 bridgehead atoms. The van der Waals surface area contributed by atoms with Crippen LogP contribution in [0.5, 0.6) is 0 Å². The Labute approximate surface area is 149 Å². The summed E-state index contributed by atoms with van der Waals surface area (Å²) in [6, 6.07) is 9.76. The van der Waals surface area contributed by atoms with Crippen LogP contribution in [0, 0.1) is 6.92 Å². The Morgan fingerprint density at radius 1 is 1.25 bits per heavy atom. The standard InChI is InChI=1S/C16H15ClN2O3S2/c1-10-12(17)3-2-4-13(10)19-24(21,22)11-5-6-15-14(9-11)18-16(20)7-8-23-15/h2-6,9,19H,7-8H2,1H3,(H,18,20). The number of sulfonamides is 1. The van der Waals surface area contributed by atoms with Gasteiger partial charge in [-0.25, -0.2) is 8.42 Å². The summed E-state index contributed by atoms with van der Waals surface area (Å²) in [6.07, 6.45) is 0.404. The highest BCUT2D eigenvalue weighted by Crippen LogP contribution is 2.33. The molecule has 1 amide bonds. The van der Waals surface area contributed by atoms with E-state index in [0.29, 0.717) is 34.1 Å². The molecule has 3 rings (SSSR count). The van der Waals surface area contributed by atoms with Crippen molar-refractivity contribution in [1.82, 2.24) is 0 Å². The maximum atomic E-state index is 12.6. The fraction of sp³-hybridized carbons (Fsp3) is 0.188. The van der Waals surface area contributed by atoms with Gasteiger partial charge in [0.05, 0.1) is 16.3 Å². The molecule has 2 N–H and O–H groups in total. The fourth-order valence-corrected chi connectivity index (χ4v) is 4.55. The first kappa shape index (κ1) is 17.1. The van der Waals surface area contributed by atoms with Crippen molar-refractivity contribution in [2.45, 2.75) is 23.1 Å². The molecular formula is C16H15ClN2O3S2. The van der Waals surface area contributed by atoms with E-state index in [9.17, 15) is 13.2 Å². The molecule has 0 saturated carbocycles. The molecule has 0 spiro atoms. The Morgan fingerprint density at radius 2 is 2.04 bits per heavy atom. The summed E-state index contributed by atoms with van der Waals surface area (Å²) in [6.45, 7) is 1.74. The first-order valence-electron chi connectivity index (χ1n) is 7.21. The van der Waals surface area contributed by atoms with Crippen LogP contribution in [-0.2, 0) is 14.8 Å². The Morgan fingerprint density at radius 3 is 2.83 bits per heavy atom. The number of benzene rings is 2. The molecule has 1 heterocycles. The lowest BCUT2D eigenvalue weighted by atomic mass is 10.2. The van der Waals surface area contributed by atoms with E-state index >= 15 is 0 Å². The van der Waals surface area contributed by atoms with Crippen molar-refractivity contribution in [3.8, 4) is 0 Å². The number of hydrogen-bond donors (Lipinski definition) is 2. The van der Waals surface area contributed by atoms with E-state index in [-0.39, 0.29) is 10.8 Å². The summed E-state index contributed by atoms with van der Waals surface area (Å²) in [7, 11) is -3.78. The lowest BCUT2D eigenvalue weighted by molar-refractivity contribution is -0.115. The van der Waals surface area contributed by atoms with Gasteiger partial charge in [-0.3, -0.25) is 9.52 Å². The minimum absolute atomic E-state index is 0.0865. The van der Waals surface area contributed by atoms with Gasteiger partial charge in [-0.1, -0.05) is 17.7 Å². The number of anilines is 2. The van der Waals surface area contributed by atoms with Crippen LogP contribution in [0.25, 0.3) is 0 Å². The van der Waals surface area contributed by atoms with Gasteiger partial charge in [0.2, 0.25) is 5.91 Å². The van der Waals surface area contributed by atoms with E-state index in [4.69, 9.17) is 11.6 Å². The Hall–Kier alpha value is -1.70. The summed E-state index contributed by atoms with van der Waals surface area (Å²) in [4.78, 5) is 12.6. The van der Waals surface area contributed by atoms with E-state index in [1.54, 1.807) is 31.2 Å². The van der Waals surface area contributed by atoms with Crippen LogP contribution in [0.3, 0.4) is 0 Å². The minimum atomic E-state index is -3.78. The molecule has 0 fully saturated rings. The second-order valence-corrected chi connectivity index (χ2v) is 8.55. The van der Waals surface area contributed by atoms with Crippen LogP contribution in [0.4, 0.5) is 11.4 Å². The van der Waals surface area contributed by atoms with Gasteiger partial charge in [-0.15, -0.1) is 11.8 Å². The van der Waals surface area contributed by atoms with Gasteiger partial charge in [-0.2, -0.15) is 0 Å². The summed E-state index contributed by atoms with van der Waals surface area (Å²) in [5.41, 5.74) is 1.60. The highest BCUT2D eigenvalue weighted by atomic mass is 35.5. The number of nitrogens with one attached hydrogen (secondary N) is 2. The van der Waals surface area contributed by atoms with Gasteiger partial charge < -0.3 is 5.32 Å². The Bertz CT molecular complexity index is 914. The average Bonchev–Trinajstić information content (AvgIpc) is 2.71. The zero-order valence-electron chi connectivity index (χ0n) is 12.8. The van der Waals surface area contributed by atoms with Crippen LogP contribution >= 0.6 is 23.4 Å². The summed E-state index contributed by atoms with van der Waals surface area (Å²) < 4.78 is 27.8. The van der Waals surface area contributed by atoms with Crippen molar-refractivity contribution in [2.24, 2.45) is 0 Å². The molecule has 24 heavy (non-hydrogen) atoms. The molecule has 8 heteroatoms. The molecule has 0 aliphatic carbocycles. The summed E-state index contributed by atoms with van der Waals surface area (Å²) in [5, 5.41) is 3.23. The van der Waals surface area contributed by atoms with Crippen LogP contribution in [0.15, 0.2) is 46.2 Å². The number of fused-ring (bicyclic) bond motifs is 1. The van der Waals surface area contributed by atoms with E-state index in [2.05, 4.69) is 10.0 Å². The topological polar surface area (TPSA) is 75.3 Å². The molecule has 1 aliphatic heterocycles. The number of halogens is 1. The third-order valence-corrected chi connectivity index (χ3v) is 6.48. The number of carbonyl (C=O) groups is 1. The molecule has 0 aromatic heterocycles. The largest absolute Gasteiger partial charge is 0.325 e. The van der Waals surface area contributed by atoms with E-state index < -0.39 is 10.0 Å². The van der Waals surface area contributed by atoms with Gasteiger partial charge in [0.25, 0.3) is 10.0 Å². The number of rotatable bonds is 3. The van der Waals surface area contributed by atoms with Gasteiger partial charge in [0.15, 0.2) is 0 Å². The molecule has 0 saturated heterocycles.